The van der Waals surface area contributed by atoms with Crippen molar-refractivity contribution in [3.63, 3.8) is 0 Å². The van der Waals surface area contributed by atoms with Crippen molar-refractivity contribution in [2.75, 3.05) is 11.9 Å². The Morgan fingerprint density at radius 2 is 1.55 bits per heavy atom. The molecule has 0 spiro atoms. The van der Waals surface area contributed by atoms with Gasteiger partial charge in [0.05, 0.1) is 0 Å². The van der Waals surface area contributed by atoms with Crippen molar-refractivity contribution in [1.82, 2.24) is 5.32 Å². The summed E-state index contributed by atoms with van der Waals surface area (Å²) < 4.78 is 25.6. The van der Waals surface area contributed by atoms with Gasteiger partial charge in [-0.05, 0) is 55.3 Å². The van der Waals surface area contributed by atoms with E-state index in [4.69, 9.17) is 0 Å². The maximum atomic E-state index is 12.8. The second kappa shape index (κ2) is 7.54. The van der Waals surface area contributed by atoms with Crippen LogP contribution in [-0.4, -0.2) is 18.5 Å². The molecule has 0 saturated heterocycles. The molecule has 0 heterocycles. The Hall–Kier alpha value is -2.43. The van der Waals surface area contributed by atoms with E-state index in [0.29, 0.717) is 18.7 Å². The van der Waals surface area contributed by atoms with Crippen molar-refractivity contribution in [2.45, 2.75) is 19.4 Å². The van der Waals surface area contributed by atoms with E-state index in [0.717, 1.165) is 5.56 Å². The Labute approximate surface area is 128 Å². The minimum atomic E-state index is -0.432. The molecule has 3 nitrogen and oxygen atoms in total. The number of carbonyl (C=O) groups is 1. The van der Waals surface area contributed by atoms with Crippen molar-refractivity contribution >= 4 is 11.6 Å². The van der Waals surface area contributed by atoms with Crippen molar-refractivity contribution in [3.05, 3.63) is 65.7 Å². The largest absolute Gasteiger partial charge is 0.374 e. The fourth-order valence-corrected chi connectivity index (χ4v) is 2.00. The highest BCUT2D eigenvalue weighted by molar-refractivity contribution is 5.84. The molecule has 1 amide bonds. The zero-order chi connectivity index (χ0) is 15.9. The maximum Gasteiger partial charge on any atom is 0.242 e. The monoisotopic (exact) mass is 304 g/mol. The van der Waals surface area contributed by atoms with E-state index in [2.05, 4.69) is 10.6 Å². The van der Waals surface area contributed by atoms with Crippen molar-refractivity contribution in [2.24, 2.45) is 0 Å². The van der Waals surface area contributed by atoms with Gasteiger partial charge in [-0.15, -0.1) is 0 Å². The van der Waals surface area contributed by atoms with Crippen LogP contribution in [-0.2, 0) is 11.2 Å². The lowest BCUT2D eigenvalue weighted by Gasteiger charge is -2.15. The molecule has 1 atom stereocenters. The first-order valence-corrected chi connectivity index (χ1v) is 7.09. The van der Waals surface area contributed by atoms with E-state index < -0.39 is 6.04 Å². The number of halogens is 2. The van der Waals surface area contributed by atoms with Gasteiger partial charge < -0.3 is 10.6 Å². The van der Waals surface area contributed by atoms with Crippen LogP contribution in [0.5, 0.6) is 0 Å². The van der Waals surface area contributed by atoms with Crippen LogP contribution >= 0.6 is 0 Å². The van der Waals surface area contributed by atoms with E-state index in [1.807, 2.05) is 0 Å². The molecule has 0 saturated carbocycles. The molecule has 22 heavy (non-hydrogen) atoms. The number of hydrogen-bond acceptors (Lipinski definition) is 2. The van der Waals surface area contributed by atoms with E-state index in [1.54, 1.807) is 31.2 Å². The molecule has 116 valence electrons. The predicted octanol–water partition coefficient (Wildman–Crippen LogP) is 3.12. The molecule has 0 bridgehead atoms. The third-order valence-corrected chi connectivity index (χ3v) is 3.25. The minimum Gasteiger partial charge on any atom is -0.374 e. The van der Waals surface area contributed by atoms with Crippen LogP contribution in [0.25, 0.3) is 0 Å². The van der Waals surface area contributed by atoms with E-state index in [1.165, 1.54) is 24.3 Å². The van der Waals surface area contributed by atoms with E-state index in [-0.39, 0.29) is 17.5 Å². The molecule has 0 aliphatic rings. The molecule has 2 N–H and O–H groups in total. The van der Waals surface area contributed by atoms with Crippen molar-refractivity contribution in [1.29, 1.82) is 0 Å². The molecule has 2 rings (SSSR count). The predicted molar refractivity (Wildman–Crippen MR) is 82.6 cm³/mol. The number of nitrogens with one attached hydrogen (secondary N) is 2. The van der Waals surface area contributed by atoms with E-state index >= 15 is 0 Å². The Morgan fingerprint density at radius 3 is 2.14 bits per heavy atom. The third-order valence-electron chi connectivity index (χ3n) is 3.25. The fraction of sp³-hybridized carbons (Fsp3) is 0.235. The lowest BCUT2D eigenvalue weighted by Crippen LogP contribution is -2.38. The highest BCUT2D eigenvalue weighted by atomic mass is 19.1. The first-order valence-electron chi connectivity index (χ1n) is 7.09. The zero-order valence-electron chi connectivity index (χ0n) is 12.3. The maximum absolute atomic E-state index is 12.8. The van der Waals surface area contributed by atoms with Crippen molar-refractivity contribution in [3.8, 4) is 0 Å². The van der Waals surface area contributed by atoms with Gasteiger partial charge in [0, 0.05) is 12.2 Å². The minimum absolute atomic E-state index is 0.147. The van der Waals surface area contributed by atoms with Gasteiger partial charge in [-0.3, -0.25) is 4.79 Å². The summed E-state index contributed by atoms with van der Waals surface area (Å²) in [7, 11) is 0. The second-order valence-corrected chi connectivity index (χ2v) is 5.04. The van der Waals surface area contributed by atoms with Crippen molar-refractivity contribution < 1.29 is 13.6 Å². The molecular formula is C17H18F2N2O. The van der Waals surface area contributed by atoms with Crippen LogP contribution < -0.4 is 10.6 Å². The van der Waals surface area contributed by atoms with Gasteiger partial charge in [0.25, 0.3) is 0 Å². The summed E-state index contributed by atoms with van der Waals surface area (Å²) in [5.74, 6) is -0.738. The average Bonchev–Trinajstić information content (AvgIpc) is 2.51. The topological polar surface area (TPSA) is 41.1 Å². The Kier molecular flexibility index (Phi) is 5.47. The molecule has 0 fully saturated rings. The van der Waals surface area contributed by atoms with Gasteiger partial charge in [-0.2, -0.15) is 0 Å². The first kappa shape index (κ1) is 15.9. The van der Waals surface area contributed by atoms with Crippen LogP contribution in [0.4, 0.5) is 14.5 Å². The van der Waals surface area contributed by atoms with Crippen LogP contribution in [0.15, 0.2) is 48.5 Å². The number of hydrogen-bond donors (Lipinski definition) is 2. The normalized spacial score (nSPS) is 11.8. The second-order valence-electron chi connectivity index (χ2n) is 5.04. The summed E-state index contributed by atoms with van der Waals surface area (Å²) in [6.45, 7) is 2.20. The van der Waals surface area contributed by atoms with Crippen LogP contribution in [0.2, 0.25) is 0 Å². The summed E-state index contributed by atoms with van der Waals surface area (Å²) >= 11 is 0. The summed E-state index contributed by atoms with van der Waals surface area (Å²) in [6.07, 6.45) is 0.634. The molecule has 2 aromatic rings. The molecule has 0 aromatic heterocycles. The number of rotatable bonds is 6. The number of carbonyl (C=O) groups excluding carboxylic acids is 1. The molecule has 5 heteroatoms. The van der Waals surface area contributed by atoms with E-state index in [9.17, 15) is 13.6 Å². The van der Waals surface area contributed by atoms with Crippen LogP contribution in [0, 0.1) is 11.6 Å². The van der Waals surface area contributed by atoms with Crippen LogP contribution in [0.1, 0.15) is 12.5 Å². The van der Waals surface area contributed by atoms with Gasteiger partial charge in [0.15, 0.2) is 0 Å². The smallest absolute Gasteiger partial charge is 0.242 e. The number of benzene rings is 2. The van der Waals surface area contributed by atoms with Gasteiger partial charge in [0.1, 0.15) is 17.7 Å². The molecule has 0 radical (unpaired) electrons. The summed E-state index contributed by atoms with van der Waals surface area (Å²) in [5, 5.41) is 5.80. The standard InChI is InChI=1S/C17H18F2N2O/c1-12(21-16-8-6-15(19)7-9-16)17(22)20-11-10-13-2-4-14(18)5-3-13/h2-9,12,21H,10-11H2,1H3,(H,20,22). The molecule has 1 unspecified atom stereocenters. The Morgan fingerprint density at radius 1 is 1.00 bits per heavy atom. The average molecular weight is 304 g/mol. The third kappa shape index (κ3) is 4.84. The molecule has 0 aliphatic carbocycles. The number of amides is 1. The van der Waals surface area contributed by atoms with Gasteiger partial charge in [-0.25, -0.2) is 8.78 Å². The van der Waals surface area contributed by atoms with Gasteiger partial charge >= 0.3 is 0 Å². The van der Waals surface area contributed by atoms with Crippen LogP contribution in [0.3, 0.4) is 0 Å². The lowest BCUT2D eigenvalue weighted by molar-refractivity contribution is -0.121. The first-order chi connectivity index (χ1) is 10.5. The quantitative estimate of drug-likeness (QED) is 0.861. The Balaban J connectivity index is 1.76. The zero-order valence-corrected chi connectivity index (χ0v) is 12.3. The Bertz CT molecular complexity index is 612. The van der Waals surface area contributed by atoms with Gasteiger partial charge in [0.2, 0.25) is 5.91 Å². The van der Waals surface area contributed by atoms with Gasteiger partial charge in [-0.1, -0.05) is 12.1 Å². The highest BCUT2D eigenvalue weighted by Gasteiger charge is 2.11. The molecule has 0 aliphatic heterocycles. The summed E-state index contributed by atoms with van der Waals surface area (Å²) in [5.41, 5.74) is 1.64. The summed E-state index contributed by atoms with van der Waals surface area (Å²) in [4.78, 5) is 12.0. The molecular weight excluding hydrogens is 286 g/mol. The fourth-order valence-electron chi connectivity index (χ4n) is 2.00. The number of anilines is 1. The lowest BCUT2D eigenvalue weighted by atomic mass is 10.1. The summed E-state index contributed by atoms with van der Waals surface area (Å²) in [6, 6.07) is 11.6. The molecule has 2 aromatic carbocycles. The SMILES string of the molecule is CC(Nc1ccc(F)cc1)C(=O)NCCc1ccc(F)cc1. The highest BCUT2D eigenvalue weighted by Crippen LogP contribution is 2.09.